The number of rotatable bonds is 3. The molecule has 0 unspecified atom stereocenters. The molecule has 0 fully saturated rings. The fourth-order valence-corrected chi connectivity index (χ4v) is 2.45. The summed E-state index contributed by atoms with van der Waals surface area (Å²) in [6, 6.07) is 1.87. The average Bonchev–Trinajstić information content (AvgIpc) is 2.50. The van der Waals surface area contributed by atoms with Crippen molar-refractivity contribution in [3.8, 4) is 0 Å². The van der Waals surface area contributed by atoms with Crippen LogP contribution in [0.15, 0.2) is 15.9 Å². The summed E-state index contributed by atoms with van der Waals surface area (Å²) in [6.07, 6.45) is 0. The van der Waals surface area contributed by atoms with E-state index in [1.807, 2.05) is 11.4 Å². The first kappa shape index (κ1) is 10.7. The molecule has 0 spiro atoms. The topological polar surface area (TPSA) is 46.3 Å². The zero-order chi connectivity index (χ0) is 9.84. The van der Waals surface area contributed by atoms with E-state index in [9.17, 15) is 4.79 Å². The van der Waals surface area contributed by atoms with Crippen LogP contribution in [0, 0.1) is 0 Å². The van der Waals surface area contributed by atoms with Gasteiger partial charge in [-0.05, 0) is 27.4 Å². The van der Waals surface area contributed by atoms with E-state index in [0.717, 1.165) is 9.35 Å². The summed E-state index contributed by atoms with van der Waals surface area (Å²) < 4.78 is 0.853. The Labute approximate surface area is 89.7 Å². The molecule has 0 saturated heterocycles. The Bertz CT molecular complexity index is 300. The molecule has 1 amide bonds. The van der Waals surface area contributed by atoms with Gasteiger partial charge in [0.05, 0.1) is 0 Å². The van der Waals surface area contributed by atoms with Crippen molar-refractivity contribution in [3.05, 3.63) is 20.8 Å². The minimum Gasteiger partial charge on any atom is -0.340 e. The summed E-state index contributed by atoms with van der Waals surface area (Å²) in [5.74, 6) is 0.0207. The van der Waals surface area contributed by atoms with Gasteiger partial charge >= 0.3 is 0 Å². The first-order valence-corrected chi connectivity index (χ1v) is 5.52. The SMILES string of the molecule is CN(CCN)C(=O)c1sccc1Br. The minimum atomic E-state index is 0.0207. The molecule has 0 saturated carbocycles. The predicted octanol–water partition coefficient (Wildman–Crippen LogP) is 1.54. The number of thiophene rings is 1. The second-order valence-corrected chi connectivity index (χ2v) is 4.38. The van der Waals surface area contributed by atoms with Gasteiger partial charge in [0, 0.05) is 24.6 Å². The number of amides is 1. The van der Waals surface area contributed by atoms with Gasteiger partial charge in [-0.25, -0.2) is 0 Å². The van der Waals surface area contributed by atoms with Gasteiger partial charge in [-0.1, -0.05) is 0 Å². The van der Waals surface area contributed by atoms with Crippen LogP contribution in [0.1, 0.15) is 9.67 Å². The van der Waals surface area contributed by atoms with Gasteiger partial charge in [0.25, 0.3) is 5.91 Å². The zero-order valence-electron chi connectivity index (χ0n) is 7.29. The second-order valence-electron chi connectivity index (χ2n) is 2.61. The third kappa shape index (κ3) is 2.52. The van der Waals surface area contributed by atoms with E-state index in [1.165, 1.54) is 11.3 Å². The molecule has 1 aromatic heterocycles. The highest BCUT2D eigenvalue weighted by Gasteiger charge is 2.14. The summed E-state index contributed by atoms with van der Waals surface area (Å²) in [5.41, 5.74) is 5.36. The molecule has 5 heteroatoms. The minimum absolute atomic E-state index is 0.0207. The summed E-state index contributed by atoms with van der Waals surface area (Å²) in [6.45, 7) is 1.08. The smallest absolute Gasteiger partial charge is 0.264 e. The molecule has 1 heterocycles. The zero-order valence-corrected chi connectivity index (χ0v) is 9.69. The monoisotopic (exact) mass is 262 g/mol. The Hall–Kier alpha value is -0.390. The largest absolute Gasteiger partial charge is 0.340 e. The number of carbonyl (C=O) groups excluding carboxylic acids is 1. The fraction of sp³-hybridized carbons (Fsp3) is 0.375. The Morgan fingerprint density at radius 3 is 2.92 bits per heavy atom. The van der Waals surface area contributed by atoms with Crippen molar-refractivity contribution in [2.24, 2.45) is 5.73 Å². The number of nitrogens with two attached hydrogens (primary N) is 1. The molecule has 0 aliphatic rings. The lowest BCUT2D eigenvalue weighted by molar-refractivity contribution is 0.0803. The molecule has 1 aromatic rings. The summed E-state index contributed by atoms with van der Waals surface area (Å²) in [5, 5.41) is 1.88. The highest BCUT2D eigenvalue weighted by atomic mass is 79.9. The van der Waals surface area contributed by atoms with Crippen LogP contribution < -0.4 is 5.73 Å². The van der Waals surface area contributed by atoms with E-state index in [4.69, 9.17) is 5.73 Å². The van der Waals surface area contributed by atoms with Crippen LogP contribution in [0.25, 0.3) is 0 Å². The number of hydrogen-bond acceptors (Lipinski definition) is 3. The van der Waals surface area contributed by atoms with Crippen molar-refractivity contribution in [2.45, 2.75) is 0 Å². The van der Waals surface area contributed by atoms with Crippen molar-refractivity contribution >= 4 is 33.2 Å². The number of hydrogen-bond donors (Lipinski definition) is 1. The molecule has 3 nitrogen and oxygen atoms in total. The molecule has 0 aromatic carbocycles. The van der Waals surface area contributed by atoms with E-state index in [0.29, 0.717) is 13.1 Å². The third-order valence-electron chi connectivity index (χ3n) is 1.62. The van der Waals surface area contributed by atoms with Gasteiger partial charge in [0.2, 0.25) is 0 Å². The van der Waals surface area contributed by atoms with Crippen LogP contribution in [-0.2, 0) is 0 Å². The maximum atomic E-state index is 11.7. The van der Waals surface area contributed by atoms with Crippen LogP contribution in [0.2, 0.25) is 0 Å². The molecular weight excluding hydrogens is 252 g/mol. The number of likely N-dealkylation sites (N-methyl/N-ethyl adjacent to an activating group) is 1. The van der Waals surface area contributed by atoms with Crippen molar-refractivity contribution < 1.29 is 4.79 Å². The predicted molar refractivity (Wildman–Crippen MR) is 58.0 cm³/mol. The van der Waals surface area contributed by atoms with E-state index >= 15 is 0 Å². The van der Waals surface area contributed by atoms with Crippen molar-refractivity contribution in [1.82, 2.24) is 4.90 Å². The second kappa shape index (κ2) is 4.74. The highest BCUT2D eigenvalue weighted by Crippen LogP contribution is 2.23. The van der Waals surface area contributed by atoms with Crippen LogP contribution in [0.3, 0.4) is 0 Å². The molecule has 0 aliphatic heterocycles. The van der Waals surface area contributed by atoms with Crippen LogP contribution in [-0.4, -0.2) is 30.9 Å². The van der Waals surface area contributed by atoms with Gasteiger partial charge in [-0.15, -0.1) is 11.3 Å². The normalized spacial score (nSPS) is 10.1. The van der Waals surface area contributed by atoms with Crippen LogP contribution in [0.4, 0.5) is 0 Å². The molecule has 1 rings (SSSR count). The molecular formula is C8H11BrN2OS. The average molecular weight is 263 g/mol. The molecule has 13 heavy (non-hydrogen) atoms. The third-order valence-corrected chi connectivity index (χ3v) is 3.45. The Morgan fingerprint density at radius 1 is 1.77 bits per heavy atom. The Morgan fingerprint density at radius 2 is 2.46 bits per heavy atom. The number of carbonyl (C=O) groups is 1. The first-order valence-electron chi connectivity index (χ1n) is 3.85. The lowest BCUT2D eigenvalue weighted by Gasteiger charge is -2.14. The van der Waals surface area contributed by atoms with E-state index < -0.39 is 0 Å². The molecule has 0 aliphatic carbocycles. The molecule has 72 valence electrons. The summed E-state index contributed by atoms with van der Waals surface area (Å²) >= 11 is 4.75. The van der Waals surface area contributed by atoms with E-state index in [-0.39, 0.29) is 5.91 Å². The quantitative estimate of drug-likeness (QED) is 0.899. The van der Waals surface area contributed by atoms with Crippen molar-refractivity contribution in [2.75, 3.05) is 20.1 Å². The van der Waals surface area contributed by atoms with Gasteiger partial charge < -0.3 is 10.6 Å². The lowest BCUT2D eigenvalue weighted by atomic mass is 10.4. The first-order chi connectivity index (χ1) is 6.16. The lowest BCUT2D eigenvalue weighted by Crippen LogP contribution is -2.31. The van der Waals surface area contributed by atoms with Gasteiger partial charge in [-0.3, -0.25) is 4.79 Å². The number of halogens is 1. The van der Waals surface area contributed by atoms with Crippen molar-refractivity contribution in [1.29, 1.82) is 0 Å². The van der Waals surface area contributed by atoms with Crippen LogP contribution in [0.5, 0.6) is 0 Å². The molecule has 0 atom stereocenters. The highest BCUT2D eigenvalue weighted by molar-refractivity contribution is 9.10. The van der Waals surface area contributed by atoms with Gasteiger partial charge in [-0.2, -0.15) is 0 Å². The Kier molecular flexibility index (Phi) is 3.90. The fourth-order valence-electron chi connectivity index (χ4n) is 0.915. The van der Waals surface area contributed by atoms with Crippen molar-refractivity contribution in [3.63, 3.8) is 0 Å². The van der Waals surface area contributed by atoms with Gasteiger partial charge in [0.15, 0.2) is 0 Å². The maximum absolute atomic E-state index is 11.7. The molecule has 0 radical (unpaired) electrons. The maximum Gasteiger partial charge on any atom is 0.264 e. The standard InChI is InChI=1S/C8H11BrN2OS/c1-11(4-3-10)8(12)7-6(9)2-5-13-7/h2,5H,3-4,10H2,1H3. The van der Waals surface area contributed by atoms with Crippen LogP contribution >= 0.6 is 27.3 Å². The summed E-state index contributed by atoms with van der Waals surface area (Å²) in [7, 11) is 1.75. The number of nitrogens with zero attached hydrogens (tertiary/aromatic N) is 1. The van der Waals surface area contributed by atoms with E-state index in [1.54, 1.807) is 11.9 Å². The summed E-state index contributed by atoms with van der Waals surface area (Å²) in [4.78, 5) is 14.0. The van der Waals surface area contributed by atoms with E-state index in [2.05, 4.69) is 15.9 Å². The molecule has 0 bridgehead atoms. The molecule has 2 N–H and O–H groups in total. The Balaban J connectivity index is 2.73. The van der Waals surface area contributed by atoms with Gasteiger partial charge in [0.1, 0.15) is 4.88 Å².